The number of anilines is 1. The Morgan fingerprint density at radius 3 is 2.26 bits per heavy atom. The maximum atomic E-state index is 13.6. The number of hydrogen-bond donors (Lipinski definition) is 0. The van der Waals surface area contributed by atoms with Gasteiger partial charge in [0.15, 0.2) is 0 Å². The second-order valence-corrected chi connectivity index (χ2v) is 9.94. The van der Waals surface area contributed by atoms with Crippen LogP contribution in [-0.2, 0) is 11.3 Å². The van der Waals surface area contributed by atoms with Crippen LogP contribution in [0.3, 0.4) is 0 Å². The van der Waals surface area contributed by atoms with Crippen LogP contribution in [0, 0.1) is 5.82 Å². The van der Waals surface area contributed by atoms with Crippen LogP contribution in [0.4, 0.5) is 14.9 Å². The highest BCUT2D eigenvalue weighted by molar-refractivity contribution is 5.90. The van der Waals surface area contributed by atoms with Crippen LogP contribution in [0.1, 0.15) is 38.7 Å². The summed E-state index contributed by atoms with van der Waals surface area (Å²) in [5, 5.41) is 0. The second-order valence-electron chi connectivity index (χ2n) is 9.94. The van der Waals surface area contributed by atoms with Gasteiger partial charge < -0.3 is 14.2 Å². The summed E-state index contributed by atoms with van der Waals surface area (Å²) in [5.41, 5.74) is 3.21. The van der Waals surface area contributed by atoms with Crippen molar-refractivity contribution in [3.8, 4) is 22.6 Å². The molecule has 38 heavy (non-hydrogen) atoms. The van der Waals surface area contributed by atoms with Gasteiger partial charge in [-0.05, 0) is 80.8 Å². The number of para-hydroxylation sites is 1. The van der Waals surface area contributed by atoms with Crippen molar-refractivity contribution in [3.05, 3.63) is 78.1 Å². The van der Waals surface area contributed by atoms with Gasteiger partial charge >= 0.3 is 6.09 Å². The summed E-state index contributed by atoms with van der Waals surface area (Å²) >= 11 is 0. The second kappa shape index (κ2) is 11.4. The average Bonchev–Trinajstić information content (AvgIpc) is 3.12. The number of halogens is 1. The molecule has 0 aromatic heterocycles. The summed E-state index contributed by atoms with van der Waals surface area (Å²) in [6, 6.07) is 20.3. The first-order valence-corrected chi connectivity index (χ1v) is 13.5. The zero-order valence-electron chi connectivity index (χ0n) is 22.1. The number of benzene rings is 3. The summed E-state index contributed by atoms with van der Waals surface area (Å²) in [7, 11) is 0. The van der Waals surface area contributed by atoms with Gasteiger partial charge in [-0.25, -0.2) is 9.18 Å². The van der Waals surface area contributed by atoms with E-state index in [1.54, 1.807) is 17.0 Å². The Morgan fingerprint density at radius 1 is 0.921 bits per heavy atom. The van der Waals surface area contributed by atoms with E-state index in [1.807, 2.05) is 44.2 Å². The molecule has 2 aliphatic rings. The largest absolute Gasteiger partial charge is 0.493 e. The van der Waals surface area contributed by atoms with Gasteiger partial charge in [-0.1, -0.05) is 30.3 Å². The molecule has 1 spiro atoms. The van der Waals surface area contributed by atoms with E-state index in [9.17, 15) is 9.18 Å². The van der Waals surface area contributed by atoms with Crippen molar-refractivity contribution < 1.29 is 23.4 Å². The molecule has 5 rings (SSSR count). The molecular weight excluding hydrogens is 483 g/mol. The molecule has 2 heterocycles. The molecule has 0 N–H and O–H groups in total. The fraction of sp³-hybridized carbons (Fsp3) is 0.387. The van der Waals surface area contributed by atoms with Crippen molar-refractivity contribution in [3.63, 3.8) is 0 Å². The minimum Gasteiger partial charge on any atom is -0.493 e. The van der Waals surface area contributed by atoms with E-state index in [0.29, 0.717) is 19.8 Å². The number of rotatable bonds is 8. The topological polar surface area (TPSA) is 51.2 Å². The normalized spacial score (nSPS) is 19.9. The van der Waals surface area contributed by atoms with Crippen molar-refractivity contribution in [1.29, 1.82) is 0 Å². The van der Waals surface area contributed by atoms with E-state index in [4.69, 9.17) is 14.2 Å². The lowest BCUT2D eigenvalue weighted by molar-refractivity contribution is 0.0443. The maximum Gasteiger partial charge on any atom is 0.415 e. The third-order valence-electron chi connectivity index (χ3n) is 7.29. The van der Waals surface area contributed by atoms with Gasteiger partial charge in [0.2, 0.25) is 0 Å². The van der Waals surface area contributed by atoms with Crippen LogP contribution in [0.2, 0.25) is 0 Å². The van der Waals surface area contributed by atoms with Crippen LogP contribution >= 0.6 is 0 Å². The monoisotopic (exact) mass is 518 g/mol. The Labute approximate surface area is 223 Å². The number of amides is 1. The quantitative estimate of drug-likeness (QED) is 0.333. The molecule has 0 saturated carbocycles. The molecule has 3 aromatic rings. The van der Waals surface area contributed by atoms with E-state index in [1.165, 1.54) is 12.1 Å². The first kappa shape index (κ1) is 26.0. The summed E-state index contributed by atoms with van der Waals surface area (Å²) < 4.78 is 31.7. The molecule has 1 atom stereocenters. The zero-order chi connectivity index (χ0) is 26.5. The molecule has 1 amide bonds. The van der Waals surface area contributed by atoms with Gasteiger partial charge in [-0.2, -0.15) is 0 Å². The number of hydrogen-bond acceptors (Lipinski definition) is 5. The van der Waals surface area contributed by atoms with Crippen molar-refractivity contribution in [2.24, 2.45) is 0 Å². The van der Waals surface area contributed by atoms with E-state index in [2.05, 4.69) is 17.0 Å². The Morgan fingerprint density at radius 2 is 1.61 bits per heavy atom. The molecule has 2 fully saturated rings. The number of carbonyl (C=O) groups is 1. The Bertz CT molecular complexity index is 1220. The lowest BCUT2D eigenvalue weighted by Crippen LogP contribution is -2.36. The average molecular weight is 519 g/mol. The van der Waals surface area contributed by atoms with Crippen LogP contribution in [0.15, 0.2) is 66.7 Å². The van der Waals surface area contributed by atoms with Crippen molar-refractivity contribution in [1.82, 2.24) is 4.90 Å². The molecule has 6 nitrogen and oxygen atoms in total. The van der Waals surface area contributed by atoms with E-state index < -0.39 is 5.60 Å². The Hall–Kier alpha value is -3.58. The van der Waals surface area contributed by atoms with Gasteiger partial charge in [0.25, 0.3) is 0 Å². The smallest absolute Gasteiger partial charge is 0.415 e. The van der Waals surface area contributed by atoms with Crippen molar-refractivity contribution >= 4 is 11.8 Å². The zero-order valence-corrected chi connectivity index (χ0v) is 22.1. The van der Waals surface area contributed by atoms with Crippen LogP contribution < -0.4 is 14.4 Å². The summed E-state index contributed by atoms with van der Waals surface area (Å²) in [4.78, 5) is 16.9. The molecule has 1 unspecified atom stereocenters. The summed E-state index contributed by atoms with van der Waals surface area (Å²) in [6.45, 7) is 7.99. The fourth-order valence-corrected chi connectivity index (χ4v) is 5.51. The third kappa shape index (κ3) is 5.63. The number of likely N-dealkylation sites (tertiary alicyclic amines) is 1. The predicted octanol–water partition coefficient (Wildman–Crippen LogP) is 6.67. The summed E-state index contributed by atoms with van der Waals surface area (Å²) in [6.07, 6.45) is 2.31. The highest BCUT2D eigenvalue weighted by Crippen LogP contribution is 2.41. The molecule has 7 heteroatoms. The molecule has 3 aromatic carbocycles. The molecule has 0 radical (unpaired) electrons. The van der Waals surface area contributed by atoms with Crippen molar-refractivity contribution in [2.75, 3.05) is 37.7 Å². The molecule has 0 bridgehead atoms. The minimum atomic E-state index is -0.457. The maximum absolute atomic E-state index is 13.6. The minimum absolute atomic E-state index is 0.260. The Balaban J connectivity index is 1.34. The van der Waals surface area contributed by atoms with E-state index in [-0.39, 0.29) is 11.9 Å². The fourth-order valence-electron chi connectivity index (χ4n) is 5.51. The number of nitrogens with zero attached hydrogens (tertiary/aromatic N) is 2. The highest BCUT2D eigenvalue weighted by atomic mass is 19.1. The highest BCUT2D eigenvalue weighted by Gasteiger charge is 2.46. The van der Waals surface area contributed by atoms with E-state index >= 15 is 0 Å². The first-order chi connectivity index (χ1) is 18.5. The van der Waals surface area contributed by atoms with Gasteiger partial charge in [0.1, 0.15) is 22.9 Å². The third-order valence-corrected chi connectivity index (χ3v) is 7.29. The van der Waals surface area contributed by atoms with E-state index in [0.717, 1.165) is 72.8 Å². The van der Waals surface area contributed by atoms with Gasteiger partial charge in [0.05, 0.1) is 25.3 Å². The van der Waals surface area contributed by atoms with Gasteiger partial charge in [-0.15, -0.1) is 0 Å². The molecule has 2 aliphatic heterocycles. The first-order valence-electron chi connectivity index (χ1n) is 13.5. The lowest BCUT2D eigenvalue weighted by atomic mass is 9.95. The van der Waals surface area contributed by atoms with Gasteiger partial charge in [0, 0.05) is 25.2 Å². The Kier molecular flexibility index (Phi) is 7.84. The van der Waals surface area contributed by atoms with Crippen LogP contribution in [-0.4, -0.2) is 49.4 Å². The SMILES string of the molecule is CCOc1cc(CN2CCCC3(CC2)CN(c2ccccc2)C(=O)O3)cc(OCC)c1-c1ccc(F)cc1. The summed E-state index contributed by atoms with van der Waals surface area (Å²) in [5.74, 6) is 1.18. The van der Waals surface area contributed by atoms with Crippen LogP contribution in [0.25, 0.3) is 11.1 Å². The molecule has 200 valence electrons. The molecular formula is C31H35FN2O4. The van der Waals surface area contributed by atoms with Crippen LogP contribution in [0.5, 0.6) is 11.5 Å². The molecule has 0 aliphatic carbocycles. The predicted molar refractivity (Wildman–Crippen MR) is 146 cm³/mol. The van der Waals surface area contributed by atoms with Crippen molar-refractivity contribution in [2.45, 2.75) is 45.3 Å². The van der Waals surface area contributed by atoms with Gasteiger partial charge in [-0.3, -0.25) is 9.80 Å². The number of carbonyl (C=O) groups excluding carboxylic acids is 1. The molecule has 2 saturated heterocycles. The lowest BCUT2D eigenvalue weighted by Gasteiger charge is -2.26. The number of ether oxygens (including phenoxy) is 3. The standard InChI is InChI=1S/C31H35FN2O4/c1-3-36-27-19-23(20-28(37-4-2)29(27)24-11-13-25(32)14-12-24)21-33-17-8-15-31(16-18-33)22-34(30(35)38-31)26-9-6-5-7-10-26/h5-7,9-14,19-20H,3-4,8,15-18,21-22H2,1-2H3.